The lowest BCUT2D eigenvalue weighted by Crippen LogP contribution is -1.83. The van der Waals surface area contributed by atoms with Crippen LogP contribution in [0.1, 0.15) is 11.1 Å². The molecule has 1 aliphatic rings. The van der Waals surface area contributed by atoms with Crippen LogP contribution in [0.25, 0.3) is 6.08 Å². The molecule has 0 amide bonds. The molecule has 0 fully saturated rings. The Kier molecular flexibility index (Phi) is 1.67. The molecule has 1 N–H and O–H groups in total. The molecule has 12 heavy (non-hydrogen) atoms. The van der Waals surface area contributed by atoms with E-state index in [1.54, 1.807) is 12.3 Å². The van der Waals surface area contributed by atoms with Gasteiger partial charge in [-0.2, -0.15) is 0 Å². The van der Waals surface area contributed by atoms with E-state index in [2.05, 4.69) is 4.99 Å². The highest BCUT2D eigenvalue weighted by molar-refractivity contribution is 5.86. The first-order chi connectivity index (χ1) is 5.86. The first-order valence-corrected chi connectivity index (χ1v) is 3.84. The van der Waals surface area contributed by atoms with Gasteiger partial charge in [0.25, 0.3) is 0 Å². The largest absolute Gasteiger partial charge is 0.510 e. The number of hydrogen-bond donors (Lipinski definition) is 1. The Bertz CT molecular complexity index is 353. The summed E-state index contributed by atoms with van der Waals surface area (Å²) in [6, 6.07) is 7.85. The molecule has 0 bridgehead atoms. The van der Waals surface area contributed by atoms with Gasteiger partial charge in [0.05, 0.1) is 6.54 Å². The van der Waals surface area contributed by atoms with Crippen LogP contribution < -0.4 is 0 Å². The van der Waals surface area contributed by atoms with Crippen molar-refractivity contribution in [3.8, 4) is 0 Å². The van der Waals surface area contributed by atoms with Crippen molar-refractivity contribution >= 4 is 12.3 Å². The summed E-state index contributed by atoms with van der Waals surface area (Å²) in [6.45, 7) is 0.384. The summed E-state index contributed by atoms with van der Waals surface area (Å²) in [5.74, 6) is 0.316. The zero-order chi connectivity index (χ0) is 8.39. The molecule has 0 spiro atoms. The third-order valence-electron chi connectivity index (χ3n) is 1.80. The molecule has 1 aromatic carbocycles. The highest BCUT2D eigenvalue weighted by Gasteiger charge is 2.01. The van der Waals surface area contributed by atoms with Gasteiger partial charge in [0.2, 0.25) is 0 Å². The zero-order valence-corrected chi connectivity index (χ0v) is 6.57. The number of fused-ring (bicyclic) bond motifs is 1. The minimum Gasteiger partial charge on any atom is -0.510 e. The van der Waals surface area contributed by atoms with Crippen LogP contribution in [0.2, 0.25) is 0 Å². The quantitative estimate of drug-likeness (QED) is 0.617. The Hall–Kier alpha value is -1.57. The van der Waals surface area contributed by atoms with E-state index in [0.717, 1.165) is 11.1 Å². The molecule has 2 nitrogen and oxygen atoms in total. The molecule has 0 aliphatic carbocycles. The second kappa shape index (κ2) is 2.81. The van der Waals surface area contributed by atoms with Crippen molar-refractivity contribution in [1.29, 1.82) is 0 Å². The lowest BCUT2D eigenvalue weighted by molar-refractivity contribution is 0.410. The van der Waals surface area contributed by atoms with Gasteiger partial charge in [-0.3, -0.25) is 4.99 Å². The van der Waals surface area contributed by atoms with E-state index >= 15 is 0 Å². The summed E-state index contributed by atoms with van der Waals surface area (Å²) in [7, 11) is 0. The van der Waals surface area contributed by atoms with Crippen molar-refractivity contribution < 1.29 is 5.11 Å². The van der Waals surface area contributed by atoms with E-state index in [4.69, 9.17) is 0 Å². The highest BCUT2D eigenvalue weighted by Crippen LogP contribution is 2.13. The van der Waals surface area contributed by atoms with Crippen molar-refractivity contribution in [3.63, 3.8) is 0 Å². The molecule has 0 atom stereocenters. The van der Waals surface area contributed by atoms with Gasteiger partial charge in [0.15, 0.2) is 0 Å². The predicted molar refractivity (Wildman–Crippen MR) is 49.5 cm³/mol. The van der Waals surface area contributed by atoms with Gasteiger partial charge >= 0.3 is 0 Å². The molecule has 1 aliphatic heterocycles. The average Bonchev–Trinajstić information content (AvgIpc) is 2.25. The third-order valence-corrected chi connectivity index (χ3v) is 1.80. The minimum atomic E-state index is 0.316. The summed E-state index contributed by atoms with van der Waals surface area (Å²) in [4.78, 5) is 4.05. The molecule has 1 heterocycles. The molecule has 2 heteroatoms. The first kappa shape index (κ1) is 7.10. The van der Waals surface area contributed by atoms with Crippen LogP contribution in [-0.4, -0.2) is 17.9 Å². The molecular weight excluding hydrogens is 150 g/mol. The van der Waals surface area contributed by atoms with Crippen LogP contribution >= 0.6 is 0 Å². The number of aliphatic hydroxyl groups is 1. The Morgan fingerprint density at radius 2 is 1.92 bits per heavy atom. The number of benzene rings is 1. The van der Waals surface area contributed by atoms with Crippen LogP contribution in [0.5, 0.6) is 0 Å². The maximum Gasteiger partial charge on any atom is 0.114 e. The van der Waals surface area contributed by atoms with Crippen molar-refractivity contribution in [1.82, 2.24) is 0 Å². The summed E-state index contributed by atoms with van der Waals surface area (Å²) in [6.07, 6.45) is 3.54. The van der Waals surface area contributed by atoms with Gasteiger partial charge in [0.1, 0.15) is 5.76 Å². The number of aliphatic imine (C=N–C) groups is 1. The molecule has 1 aromatic rings. The zero-order valence-electron chi connectivity index (χ0n) is 6.57. The summed E-state index contributed by atoms with van der Waals surface area (Å²) in [5, 5.41) is 9.28. The standard InChI is InChI=1S/C10H9NO/c12-10-5-8-3-1-2-4-9(8)6-11-7-10/h1-6,12H,7H2. The van der Waals surface area contributed by atoms with Gasteiger partial charge < -0.3 is 5.11 Å². The third kappa shape index (κ3) is 1.23. The lowest BCUT2D eigenvalue weighted by atomic mass is 10.1. The fourth-order valence-electron chi connectivity index (χ4n) is 1.22. The number of hydrogen-bond acceptors (Lipinski definition) is 2. The highest BCUT2D eigenvalue weighted by atomic mass is 16.3. The van der Waals surface area contributed by atoms with Crippen LogP contribution in [0.4, 0.5) is 0 Å². The fraction of sp³-hybridized carbons (Fsp3) is 0.100. The molecule has 60 valence electrons. The van der Waals surface area contributed by atoms with E-state index < -0.39 is 0 Å². The van der Waals surface area contributed by atoms with Gasteiger partial charge in [-0.15, -0.1) is 0 Å². The summed E-state index contributed by atoms with van der Waals surface area (Å²) in [5.41, 5.74) is 2.08. The second-order valence-corrected chi connectivity index (χ2v) is 2.73. The normalized spacial score (nSPS) is 14.8. The number of aliphatic hydroxyl groups excluding tert-OH is 1. The summed E-state index contributed by atoms with van der Waals surface area (Å²) < 4.78 is 0. The lowest BCUT2D eigenvalue weighted by Gasteiger charge is -1.96. The van der Waals surface area contributed by atoms with Gasteiger partial charge in [0, 0.05) is 6.21 Å². The Morgan fingerprint density at radius 3 is 2.75 bits per heavy atom. The van der Waals surface area contributed by atoms with Gasteiger partial charge in [-0.1, -0.05) is 24.3 Å². The number of nitrogens with zero attached hydrogens (tertiary/aromatic N) is 1. The minimum absolute atomic E-state index is 0.316. The van der Waals surface area contributed by atoms with Crippen molar-refractivity contribution in [3.05, 3.63) is 41.2 Å². The van der Waals surface area contributed by atoms with E-state index in [9.17, 15) is 5.11 Å². The van der Waals surface area contributed by atoms with E-state index in [1.807, 2.05) is 24.3 Å². The molecule has 0 radical (unpaired) electrons. The molecule has 0 saturated heterocycles. The maximum atomic E-state index is 9.28. The van der Waals surface area contributed by atoms with Crippen LogP contribution in [0.15, 0.2) is 35.0 Å². The molecular formula is C10H9NO. The second-order valence-electron chi connectivity index (χ2n) is 2.73. The Labute approximate surface area is 70.9 Å². The van der Waals surface area contributed by atoms with Gasteiger partial charge in [-0.05, 0) is 17.2 Å². The predicted octanol–water partition coefficient (Wildman–Crippen LogP) is 2.02. The van der Waals surface area contributed by atoms with Crippen LogP contribution in [-0.2, 0) is 0 Å². The van der Waals surface area contributed by atoms with Gasteiger partial charge in [-0.25, -0.2) is 0 Å². The smallest absolute Gasteiger partial charge is 0.114 e. The Morgan fingerprint density at radius 1 is 1.17 bits per heavy atom. The monoisotopic (exact) mass is 159 g/mol. The van der Waals surface area contributed by atoms with Crippen molar-refractivity contribution in [2.45, 2.75) is 0 Å². The van der Waals surface area contributed by atoms with Crippen LogP contribution in [0.3, 0.4) is 0 Å². The first-order valence-electron chi connectivity index (χ1n) is 3.84. The van der Waals surface area contributed by atoms with E-state index in [-0.39, 0.29) is 0 Å². The Balaban J connectivity index is 2.58. The van der Waals surface area contributed by atoms with Crippen molar-refractivity contribution in [2.75, 3.05) is 6.54 Å². The molecule has 0 unspecified atom stereocenters. The maximum absolute atomic E-state index is 9.28. The number of rotatable bonds is 0. The SMILES string of the molecule is OC1=Cc2ccccc2C=NC1. The van der Waals surface area contributed by atoms with Crippen molar-refractivity contribution in [2.24, 2.45) is 4.99 Å². The molecule has 0 saturated carbocycles. The topological polar surface area (TPSA) is 32.6 Å². The summed E-state index contributed by atoms with van der Waals surface area (Å²) >= 11 is 0. The van der Waals surface area contributed by atoms with Crippen LogP contribution in [0, 0.1) is 0 Å². The van der Waals surface area contributed by atoms with E-state index in [1.165, 1.54) is 0 Å². The fourth-order valence-corrected chi connectivity index (χ4v) is 1.22. The molecule has 0 aromatic heterocycles. The molecule has 2 rings (SSSR count). The average molecular weight is 159 g/mol. The van der Waals surface area contributed by atoms with E-state index in [0.29, 0.717) is 12.3 Å².